The summed E-state index contributed by atoms with van der Waals surface area (Å²) >= 11 is 0. The van der Waals surface area contributed by atoms with Crippen LogP contribution < -0.4 is 0 Å². The van der Waals surface area contributed by atoms with Gasteiger partial charge in [0.15, 0.2) is 0 Å². The predicted molar refractivity (Wildman–Crippen MR) is 68.8 cm³/mol. The first-order valence-corrected chi connectivity index (χ1v) is 6.00. The Morgan fingerprint density at radius 2 is 2.06 bits per heavy atom. The van der Waals surface area contributed by atoms with Crippen LogP contribution in [0.25, 0.3) is 0 Å². The molecule has 3 nitrogen and oxygen atoms in total. The zero-order valence-corrected chi connectivity index (χ0v) is 11.1. The van der Waals surface area contributed by atoms with Crippen molar-refractivity contribution in [3.63, 3.8) is 0 Å². The zero-order valence-electron chi connectivity index (χ0n) is 11.1. The Balaban J connectivity index is 2.75. The first-order chi connectivity index (χ1) is 8.29. The monoisotopic (exact) mass is 253 g/mol. The molecule has 1 aromatic carbocycles. The minimum absolute atomic E-state index is 0.0899. The summed E-state index contributed by atoms with van der Waals surface area (Å²) in [5.41, 5.74) is 0.706. The van der Waals surface area contributed by atoms with E-state index in [0.29, 0.717) is 13.1 Å². The fourth-order valence-corrected chi connectivity index (χ4v) is 1.74. The molecule has 0 saturated heterocycles. The lowest BCUT2D eigenvalue weighted by Gasteiger charge is -2.35. The van der Waals surface area contributed by atoms with Gasteiger partial charge >= 0.3 is 5.97 Å². The highest BCUT2D eigenvalue weighted by atomic mass is 19.1. The highest BCUT2D eigenvalue weighted by Gasteiger charge is 2.22. The van der Waals surface area contributed by atoms with E-state index in [0.717, 1.165) is 5.56 Å². The van der Waals surface area contributed by atoms with E-state index >= 15 is 0 Å². The Labute approximate surface area is 107 Å². The molecule has 0 aliphatic heterocycles. The fourth-order valence-electron chi connectivity index (χ4n) is 1.74. The van der Waals surface area contributed by atoms with Crippen LogP contribution in [0.4, 0.5) is 4.39 Å². The van der Waals surface area contributed by atoms with Crippen molar-refractivity contribution in [2.24, 2.45) is 0 Å². The number of carboxylic acids is 1. The van der Waals surface area contributed by atoms with E-state index in [-0.39, 0.29) is 17.8 Å². The Hall–Kier alpha value is -1.42. The molecule has 1 rings (SSSR count). The molecule has 0 aliphatic rings. The first kappa shape index (κ1) is 14.6. The number of nitrogens with zero attached hydrogens (tertiary/aromatic N) is 1. The molecule has 0 aromatic heterocycles. The largest absolute Gasteiger partial charge is 0.481 e. The minimum atomic E-state index is -0.816. The Morgan fingerprint density at radius 3 is 2.56 bits per heavy atom. The van der Waals surface area contributed by atoms with Crippen LogP contribution in [0.1, 0.15) is 32.8 Å². The summed E-state index contributed by atoms with van der Waals surface area (Å²) in [6.07, 6.45) is 0.0899. The third kappa shape index (κ3) is 4.84. The number of carbonyl (C=O) groups is 1. The van der Waals surface area contributed by atoms with Gasteiger partial charge in [0, 0.05) is 18.6 Å². The van der Waals surface area contributed by atoms with Gasteiger partial charge in [-0.1, -0.05) is 12.1 Å². The summed E-state index contributed by atoms with van der Waals surface area (Å²) in [4.78, 5) is 12.7. The Bertz CT molecular complexity index is 413. The molecule has 18 heavy (non-hydrogen) atoms. The third-order valence-corrected chi connectivity index (χ3v) is 2.81. The molecule has 1 aromatic rings. The molecular formula is C14H20FNO2. The van der Waals surface area contributed by atoms with E-state index in [2.05, 4.69) is 0 Å². The molecule has 0 fully saturated rings. The molecule has 4 heteroatoms. The first-order valence-electron chi connectivity index (χ1n) is 6.00. The van der Waals surface area contributed by atoms with Crippen molar-refractivity contribution < 1.29 is 14.3 Å². The van der Waals surface area contributed by atoms with E-state index in [9.17, 15) is 9.18 Å². The van der Waals surface area contributed by atoms with Gasteiger partial charge in [0.25, 0.3) is 0 Å². The fraction of sp³-hybridized carbons (Fsp3) is 0.500. The van der Waals surface area contributed by atoms with Crippen LogP contribution in [-0.2, 0) is 11.3 Å². The molecule has 100 valence electrons. The molecule has 0 saturated carbocycles. The van der Waals surface area contributed by atoms with Crippen LogP contribution in [-0.4, -0.2) is 28.1 Å². The normalized spacial score (nSPS) is 11.8. The lowest BCUT2D eigenvalue weighted by molar-refractivity contribution is -0.137. The summed E-state index contributed by atoms with van der Waals surface area (Å²) in [7, 11) is 0. The van der Waals surface area contributed by atoms with Gasteiger partial charge in [0.1, 0.15) is 5.82 Å². The van der Waals surface area contributed by atoms with Gasteiger partial charge in [-0.05, 0) is 38.5 Å². The molecule has 0 bridgehead atoms. The van der Waals surface area contributed by atoms with Crippen molar-refractivity contribution in [3.05, 3.63) is 35.6 Å². The van der Waals surface area contributed by atoms with Gasteiger partial charge in [0.2, 0.25) is 0 Å². The molecule has 0 atom stereocenters. The average molecular weight is 253 g/mol. The number of hydrogen-bond donors (Lipinski definition) is 1. The summed E-state index contributed by atoms with van der Waals surface area (Å²) < 4.78 is 13.1. The molecule has 0 amide bonds. The van der Waals surface area contributed by atoms with E-state index in [4.69, 9.17) is 5.11 Å². The minimum Gasteiger partial charge on any atom is -0.481 e. The van der Waals surface area contributed by atoms with Crippen LogP contribution in [0.15, 0.2) is 24.3 Å². The van der Waals surface area contributed by atoms with Crippen LogP contribution in [0.3, 0.4) is 0 Å². The van der Waals surface area contributed by atoms with Gasteiger partial charge in [-0.2, -0.15) is 0 Å². The van der Waals surface area contributed by atoms with Gasteiger partial charge in [-0.15, -0.1) is 0 Å². The standard InChI is InChI=1S/C14H20FNO2/c1-14(2,3)16(8-7-13(17)18)10-11-5-4-6-12(15)9-11/h4-6,9H,7-8,10H2,1-3H3,(H,17,18). The Morgan fingerprint density at radius 1 is 1.39 bits per heavy atom. The molecule has 0 spiro atoms. The van der Waals surface area contributed by atoms with Crippen LogP contribution in [0.5, 0.6) is 0 Å². The van der Waals surface area contributed by atoms with Gasteiger partial charge in [-0.25, -0.2) is 4.39 Å². The molecule has 0 radical (unpaired) electrons. The van der Waals surface area contributed by atoms with Crippen molar-refractivity contribution in [3.8, 4) is 0 Å². The average Bonchev–Trinajstić information content (AvgIpc) is 2.22. The van der Waals surface area contributed by atoms with Crippen LogP contribution in [0.2, 0.25) is 0 Å². The highest BCUT2D eigenvalue weighted by Crippen LogP contribution is 2.18. The molecule has 0 heterocycles. The topological polar surface area (TPSA) is 40.5 Å². The number of halogens is 1. The van der Waals surface area contributed by atoms with E-state index < -0.39 is 5.97 Å². The number of benzene rings is 1. The second kappa shape index (κ2) is 5.96. The van der Waals surface area contributed by atoms with Crippen molar-refractivity contribution >= 4 is 5.97 Å². The number of hydrogen-bond acceptors (Lipinski definition) is 2. The second-order valence-corrected chi connectivity index (χ2v) is 5.37. The van der Waals surface area contributed by atoms with Crippen molar-refractivity contribution in [2.75, 3.05) is 6.54 Å². The van der Waals surface area contributed by atoms with Crippen molar-refractivity contribution in [1.82, 2.24) is 4.90 Å². The maximum Gasteiger partial charge on any atom is 0.304 e. The van der Waals surface area contributed by atoms with E-state index in [1.165, 1.54) is 12.1 Å². The molecule has 0 aliphatic carbocycles. The lowest BCUT2D eigenvalue weighted by Crippen LogP contribution is -2.42. The van der Waals surface area contributed by atoms with Gasteiger partial charge < -0.3 is 5.11 Å². The number of rotatable bonds is 5. The number of carboxylic acid groups (broad SMARTS) is 1. The van der Waals surface area contributed by atoms with Crippen LogP contribution >= 0.6 is 0 Å². The SMILES string of the molecule is CC(C)(C)N(CCC(=O)O)Cc1cccc(F)c1. The molecule has 1 N–H and O–H groups in total. The maximum absolute atomic E-state index is 13.1. The maximum atomic E-state index is 13.1. The van der Waals surface area contributed by atoms with Gasteiger partial charge in [0.05, 0.1) is 6.42 Å². The smallest absolute Gasteiger partial charge is 0.304 e. The van der Waals surface area contributed by atoms with Crippen molar-refractivity contribution in [2.45, 2.75) is 39.3 Å². The quantitative estimate of drug-likeness (QED) is 0.877. The number of aliphatic carboxylic acids is 1. The van der Waals surface area contributed by atoms with E-state index in [1.54, 1.807) is 6.07 Å². The van der Waals surface area contributed by atoms with Gasteiger partial charge in [-0.3, -0.25) is 9.69 Å². The van der Waals surface area contributed by atoms with E-state index in [1.807, 2.05) is 31.7 Å². The molecular weight excluding hydrogens is 233 g/mol. The zero-order chi connectivity index (χ0) is 13.8. The van der Waals surface area contributed by atoms with Crippen LogP contribution in [0, 0.1) is 5.82 Å². The lowest BCUT2D eigenvalue weighted by atomic mass is 10.0. The summed E-state index contributed by atoms with van der Waals surface area (Å²) in [6, 6.07) is 6.41. The summed E-state index contributed by atoms with van der Waals surface area (Å²) in [5, 5.41) is 8.75. The highest BCUT2D eigenvalue weighted by molar-refractivity contribution is 5.66. The summed E-state index contributed by atoms with van der Waals surface area (Å²) in [6.45, 7) is 7.07. The summed E-state index contributed by atoms with van der Waals surface area (Å²) in [5.74, 6) is -1.08. The van der Waals surface area contributed by atoms with Crippen molar-refractivity contribution in [1.29, 1.82) is 0 Å². The predicted octanol–water partition coefficient (Wildman–Crippen LogP) is 2.90. The molecule has 0 unspecified atom stereocenters. The Kier molecular flexibility index (Phi) is 4.84. The second-order valence-electron chi connectivity index (χ2n) is 5.37. The third-order valence-electron chi connectivity index (χ3n) is 2.81.